The number of unbranched alkanes of at least 4 members (excludes halogenated alkanes) is 45. The lowest BCUT2D eigenvalue weighted by Gasteiger charge is -2.19. The van der Waals surface area contributed by atoms with E-state index in [1.165, 1.54) is 281 Å². The average Bonchev–Trinajstić information content (AvgIpc) is 1.79. The van der Waals surface area contributed by atoms with Crippen LogP contribution in [0, 0.1) is 13.8 Å². The van der Waals surface area contributed by atoms with Crippen LogP contribution >= 0.6 is 8.25 Å². The molecule has 5 rings (SSSR count). The van der Waals surface area contributed by atoms with Crippen molar-refractivity contribution in [1.29, 1.82) is 0 Å². The number of benzene rings is 1. The van der Waals surface area contributed by atoms with Crippen LogP contribution in [0.1, 0.15) is 415 Å². The fourth-order valence-corrected chi connectivity index (χ4v) is 15.8. The van der Waals surface area contributed by atoms with Crippen LogP contribution in [0.3, 0.4) is 0 Å². The van der Waals surface area contributed by atoms with Crippen LogP contribution in [0.15, 0.2) is 43.7 Å². The van der Waals surface area contributed by atoms with Crippen molar-refractivity contribution < 1.29 is 61.2 Å². The summed E-state index contributed by atoms with van der Waals surface area (Å²) in [5.74, 6) is -0.0399. The highest BCUT2D eigenvalue weighted by atomic mass is 31.1. The number of hydrogen-bond acceptors (Lipinski definition) is 17. The van der Waals surface area contributed by atoms with Gasteiger partial charge in [0.15, 0.2) is 17.3 Å². The van der Waals surface area contributed by atoms with E-state index in [9.17, 15) is 38.1 Å². The molecule has 1 aromatic carbocycles. The number of nitrogens with one attached hydrogen (secondary N) is 2. The molecule has 0 bridgehead atoms. The van der Waals surface area contributed by atoms with Crippen LogP contribution < -0.4 is 36.7 Å². The summed E-state index contributed by atoms with van der Waals surface area (Å²) in [6.45, 7) is 12.7. The van der Waals surface area contributed by atoms with Gasteiger partial charge in [-0.3, -0.25) is 43.1 Å². The van der Waals surface area contributed by atoms with E-state index in [0.29, 0.717) is 54.6 Å². The van der Waals surface area contributed by atoms with E-state index in [1.807, 2.05) is 6.92 Å². The Morgan fingerprint density at radius 1 is 0.423 bits per heavy atom. The van der Waals surface area contributed by atoms with Crippen LogP contribution in [0.2, 0.25) is 0 Å². The zero-order valence-corrected chi connectivity index (χ0v) is 70.9. The number of Topliss-reactive ketones (excluding diaryl/α,β-unsaturated/α-hetero) is 1. The molecule has 2 aliphatic rings. The average molecular weight is 1580 g/mol. The maximum absolute atomic E-state index is 14.3. The van der Waals surface area contributed by atoms with Crippen molar-refractivity contribution in [2.45, 2.75) is 432 Å². The maximum atomic E-state index is 14.3. The number of esters is 2. The van der Waals surface area contributed by atoms with Gasteiger partial charge in [0.05, 0.1) is 45.4 Å². The molecule has 22 heteroatoms. The zero-order chi connectivity index (χ0) is 79.7. The minimum atomic E-state index is -2.85. The number of aromatic amines is 2. The number of hydrogen-bond donors (Lipinski definition) is 2. The molecular formula is C89H150N4O17P+. The van der Waals surface area contributed by atoms with Gasteiger partial charge in [-0.2, -0.15) is 0 Å². The van der Waals surface area contributed by atoms with E-state index in [4.69, 9.17) is 42.2 Å². The Morgan fingerprint density at radius 3 is 1.14 bits per heavy atom. The Hall–Kier alpha value is -5.47. The standard InChI is InChI=1S/C89H149N4O17P/c1-7-11-14-17-20-23-26-29-32-35-38-41-44-47-50-53-60-102-78-64-73(65-79(103-61-54-51-48-45-42-39-36-33-30-27-24-21-18-15-12-8-2)85(78)105-62-55-52-49-46-43-40-37-34-31-28-25-22-19-16-13-9-3)74(94)57-56-63-104-83(95)58-59-84(96)109-76-66-81(92-68-71(5)86(97)90-88(92)99)108-80(76)70-106-111(101)110-77-67-82(107-75(77)10-4)93-69-72(6)87(98)91-89(93)100/h64-65,68-69,75-77,80-82H,7-63,66-67,70H2,1-6H3,(H-,90,91,97,98,99,100)/p+1/t75-,76?,77?,80-,81-,82-/m1/s1. The number of nitrogens with zero attached hydrogens (tertiary/aromatic N) is 2. The fraction of sp³-hybridized carbons (Fsp3) is 0.809. The van der Waals surface area contributed by atoms with Crippen molar-refractivity contribution in [1.82, 2.24) is 19.1 Å². The fourth-order valence-electron chi connectivity index (χ4n) is 15.0. The lowest BCUT2D eigenvalue weighted by atomic mass is 10.0. The molecule has 3 unspecified atom stereocenters. The number of aryl methyl sites for hydroxylation is 2. The summed E-state index contributed by atoms with van der Waals surface area (Å²) < 4.78 is 70.9. The van der Waals surface area contributed by atoms with Crippen LogP contribution in [0.5, 0.6) is 17.2 Å². The minimum absolute atomic E-state index is 0.0681. The lowest BCUT2D eigenvalue weighted by Crippen LogP contribution is -2.33. The van der Waals surface area contributed by atoms with Crippen LogP contribution in [-0.2, 0) is 42.1 Å². The van der Waals surface area contributed by atoms with Crippen molar-refractivity contribution in [3.05, 3.63) is 82.9 Å². The molecule has 111 heavy (non-hydrogen) atoms. The van der Waals surface area contributed by atoms with E-state index in [0.717, 1.165) is 55.9 Å². The SMILES string of the molecule is CCCCCCCCCCCCCCCCCCOc1cc(C(=O)CCCOC(=O)CCC(=O)OC2C[C@H](n3cc(C)c(=O)[nH]c3=O)O[C@@H]2CO[P+](=O)OC2C[C@H](n3cc(C)c(=O)[nH]c3=O)O[C@@H]2CC)cc(OCCCCCCCCCCCCCCCCCC)c1OCCCCCCCCCCCCCCCCCC. The third-order valence-electron chi connectivity index (χ3n) is 22.0. The molecule has 0 spiro atoms. The van der Waals surface area contributed by atoms with Crippen LogP contribution in [0.4, 0.5) is 0 Å². The van der Waals surface area contributed by atoms with Gasteiger partial charge in [0.2, 0.25) is 5.75 Å². The second-order valence-corrected chi connectivity index (χ2v) is 32.7. The number of rotatable bonds is 71. The third-order valence-corrected chi connectivity index (χ3v) is 22.8. The minimum Gasteiger partial charge on any atom is -0.490 e. The van der Waals surface area contributed by atoms with Crippen LogP contribution in [0.25, 0.3) is 0 Å². The van der Waals surface area contributed by atoms with Gasteiger partial charge < -0.3 is 33.2 Å². The second kappa shape index (κ2) is 61.0. The molecule has 3 aromatic rings. The molecule has 21 nitrogen and oxygen atoms in total. The number of carbonyl (C=O) groups excluding carboxylic acids is 3. The van der Waals surface area contributed by atoms with Crippen molar-refractivity contribution in [3.8, 4) is 17.2 Å². The first-order valence-corrected chi connectivity index (χ1v) is 45.9. The van der Waals surface area contributed by atoms with Gasteiger partial charge in [-0.25, -0.2) is 9.59 Å². The highest BCUT2D eigenvalue weighted by molar-refractivity contribution is 7.33. The predicted molar refractivity (Wildman–Crippen MR) is 443 cm³/mol. The highest BCUT2D eigenvalue weighted by Crippen LogP contribution is 2.42. The zero-order valence-electron chi connectivity index (χ0n) is 70.0. The Bertz CT molecular complexity index is 3180. The largest absolute Gasteiger partial charge is 0.697 e. The first-order valence-electron chi connectivity index (χ1n) is 44.8. The van der Waals surface area contributed by atoms with Gasteiger partial charge in [-0.05, 0) is 58.1 Å². The number of H-pyrrole nitrogens is 2. The molecule has 2 N–H and O–H groups in total. The van der Waals surface area contributed by atoms with Gasteiger partial charge in [-0.1, -0.05) is 317 Å². The summed E-state index contributed by atoms with van der Waals surface area (Å²) in [6, 6.07) is 3.59. The summed E-state index contributed by atoms with van der Waals surface area (Å²) in [5.41, 5.74) is -1.56. The van der Waals surface area contributed by atoms with E-state index < -0.39 is 86.2 Å². The highest BCUT2D eigenvalue weighted by Gasteiger charge is 2.46. The first kappa shape index (κ1) is 96.1. The Labute approximate surface area is 667 Å². The summed E-state index contributed by atoms with van der Waals surface area (Å²) in [7, 11) is -2.85. The summed E-state index contributed by atoms with van der Waals surface area (Å²) in [5, 5.41) is 0. The van der Waals surface area contributed by atoms with Gasteiger partial charge in [-0.15, -0.1) is 9.05 Å². The predicted octanol–water partition coefficient (Wildman–Crippen LogP) is 22.6. The van der Waals surface area contributed by atoms with Crippen molar-refractivity contribution in [3.63, 3.8) is 0 Å². The number of ketones is 1. The molecule has 7 atom stereocenters. The summed E-state index contributed by atoms with van der Waals surface area (Å²) in [4.78, 5) is 95.6. The number of aromatic nitrogens is 4. The molecule has 632 valence electrons. The van der Waals surface area contributed by atoms with Gasteiger partial charge >= 0.3 is 31.6 Å². The van der Waals surface area contributed by atoms with Gasteiger partial charge in [0, 0.05) is 52.9 Å². The molecule has 0 aliphatic carbocycles. The molecule has 2 fully saturated rings. The quantitative estimate of drug-likeness (QED) is 0.0230. The van der Waals surface area contributed by atoms with Gasteiger partial charge in [0.1, 0.15) is 37.4 Å². The number of carbonyl (C=O) groups is 3. The van der Waals surface area contributed by atoms with Crippen molar-refractivity contribution in [2.75, 3.05) is 33.0 Å². The Balaban J connectivity index is 1.16. The van der Waals surface area contributed by atoms with Gasteiger partial charge in [0.25, 0.3) is 11.1 Å². The summed E-state index contributed by atoms with van der Waals surface area (Å²) >= 11 is 0. The molecular weight excluding hydrogens is 1430 g/mol. The molecule has 2 saturated heterocycles. The molecule has 2 aromatic heterocycles. The third kappa shape index (κ3) is 41.6. The normalized spacial score (nSPS) is 17.0. The lowest BCUT2D eigenvalue weighted by molar-refractivity contribution is -0.156. The summed E-state index contributed by atoms with van der Waals surface area (Å²) in [6.07, 6.45) is 58.9. The monoisotopic (exact) mass is 1580 g/mol. The molecule has 4 heterocycles. The Kier molecular flexibility index (Phi) is 52.8. The topological polar surface area (TPSA) is 261 Å². The van der Waals surface area contributed by atoms with E-state index in [2.05, 4.69) is 30.7 Å². The Morgan fingerprint density at radius 2 is 0.766 bits per heavy atom. The van der Waals surface area contributed by atoms with Crippen molar-refractivity contribution in [2.24, 2.45) is 0 Å². The van der Waals surface area contributed by atoms with E-state index in [1.54, 1.807) is 19.1 Å². The first-order chi connectivity index (χ1) is 54.1. The number of ether oxygens (including phenoxy) is 7. The van der Waals surface area contributed by atoms with E-state index in [-0.39, 0.29) is 56.5 Å². The smallest absolute Gasteiger partial charge is 0.490 e. The molecule has 0 amide bonds. The maximum Gasteiger partial charge on any atom is 0.697 e. The van der Waals surface area contributed by atoms with Crippen LogP contribution in [-0.4, -0.2) is 94.3 Å². The second-order valence-electron chi connectivity index (χ2n) is 31.8. The molecule has 2 aliphatic heterocycles. The molecule has 0 radical (unpaired) electrons. The van der Waals surface area contributed by atoms with Crippen molar-refractivity contribution >= 4 is 26.0 Å². The van der Waals surface area contributed by atoms with E-state index >= 15 is 0 Å². The molecule has 0 saturated carbocycles.